The molecule has 180 valence electrons. The number of aromatic nitrogens is 2. The van der Waals surface area contributed by atoms with Crippen molar-refractivity contribution in [2.45, 2.75) is 12.8 Å². The number of rotatable bonds is 9. The summed E-state index contributed by atoms with van der Waals surface area (Å²) in [5, 5.41) is 16.4. The summed E-state index contributed by atoms with van der Waals surface area (Å²) in [5.74, 6) is 1.69. The van der Waals surface area contributed by atoms with Crippen molar-refractivity contribution in [3.63, 3.8) is 0 Å². The lowest BCUT2D eigenvalue weighted by molar-refractivity contribution is -0.121. The van der Waals surface area contributed by atoms with Crippen LogP contribution in [-0.2, 0) is 11.2 Å². The van der Waals surface area contributed by atoms with Gasteiger partial charge in [-0.15, -0.1) is 0 Å². The van der Waals surface area contributed by atoms with Crippen LogP contribution >= 0.6 is 11.6 Å². The van der Waals surface area contributed by atoms with Crippen LogP contribution in [0.5, 0.6) is 11.5 Å². The third kappa shape index (κ3) is 5.01. The fourth-order valence-electron chi connectivity index (χ4n) is 4.09. The molecule has 35 heavy (non-hydrogen) atoms. The number of carbonyl (C=O) groups is 1. The van der Waals surface area contributed by atoms with Crippen LogP contribution in [0.1, 0.15) is 12.1 Å². The van der Waals surface area contributed by atoms with Crippen molar-refractivity contribution in [1.29, 1.82) is 0 Å². The summed E-state index contributed by atoms with van der Waals surface area (Å²) in [6.45, 7) is 1.70. The van der Waals surface area contributed by atoms with Gasteiger partial charge in [0.15, 0.2) is 5.82 Å². The number of anilines is 3. The molecule has 4 aromatic rings. The minimum absolute atomic E-state index is 0.101. The fraction of sp³-hybridized carbons (Fsp3) is 0.240. The van der Waals surface area contributed by atoms with Crippen molar-refractivity contribution in [2.75, 3.05) is 36.5 Å². The molecule has 1 amide bonds. The summed E-state index contributed by atoms with van der Waals surface area (Å²) in [5.41, 5.74) is 3.36. The first-order chi connectivity index (χ1) is 17.1. The number of hydrogen-bond donors (Lipinski definition) is 3. The zero-order chi connectivity index (χ0) is 24.2. The maximum Gasteiger partial charge on any atom is 0.222 e. The van der Waals surface area contributed by atoms with E-state index in [4.69, 9.17) is 25.9 Å². The molecular formula is C25H24ClN5O4. The second-order valence-corrected chi connectivity index (χ2v) is 8.45. The van der Waals surface area contributed by atoms with Gasteiger partial charge in [-0.05, 0) is 36.4 Å². The summed E-state index contributed by atoms with van der Waals surface area (Å²) in [4.78, 5) is 22.6. The molecule has 9 nitrogen and oxygen atoms in total. The Kier molecular flexibility index (Phi) is 6.69. The van der Waals surface area contributed by atoms with E-state index in [-0.39, 0.29) is 18.9 Å². The number of hydrogen-bond acceptors (Lipinski definition) is 8. The van der Waals surface area contributed by atoms with Gasteiger partial charge in [0.2, 0.25) is 5.91 Å². The number of aliphatic hydroxyl groups is 1. The number of furan rings is 1. The lowest BCUT2D eigenvalue weighted by Gasteiger charge is -2.22. The van der Waals surface area contributed by atoms with Gasteiger partial charge >= 0.3 is 0 Å². The molecule has 2 aromatic heterocycles. The predicted molar refractivity (Wildman–Crippen MR) is 134 cm³/mol. The number of benzene rings is 2. The molecule has 5 rings (SSSR count). The molecule has 0 atom stereocenters. The first kappa shape index (κ1) is 22.9. The van der Waals surface area contributed by atoms with Crippen LogP contribution < -0.4 is 20.3 Å². The summed E-state index contributed by atoms with van der Waals surface area (Å²) in [7, 11) is 0. The molecule has 1 aliphatic heterocycles. The van der Waals surface area contributed by atoms with E-state index in [1.165, 1.54) is 0 Å². The highest BCUT2D eigenvalue weighted by Gasteiger charge is 2.25. The lowest BCUT2D eigenvalue weighted by Crippen LogP contribution is -2.34. The molecule has 0 unspecified atom stereocenters. The van der Waals surface area contributed by atoms with Gasteiger partial charge in [-0.3, -0.25) is 4.79 Å². The van der Waals surface area contributed by atoms with Crippen molar-refractivity contribution in [1.82, 2.24) is 15.3 Å². The van der Waals surface area contributed by atoms with Crippen LogP contribution in [0.3, 0.4) is 0 Å². The molecule has 0 bridgehead atoms. The van der Waals surface area contributed by atoms with Gasteiger partial charge in [-0.25, -0.2) is 9.97 Å². The monoisotopic (exact) mass is 493 g/mol. The SMILES string of the molecule is O=C(CCO)NCCN1CCc2ncnc(Nc3ccc(Oc4cccc5occc45)c(Cl)c3)c21. The third-order valence-corrected chi connectivity index (χ3v) is 6.04. The standard InChI is InChI=1S/C25H24ClN5O4/c26-18-14-16(4-5-22(18)35-21-3-1-2-20-17(21)8-13-34-20)30-25-24-19(28-15-29-25)6-10-31(24)11-9-27-23(33)7-12-32/h1-5,8,13-15,32H,6-7,9-12H2,(H,27,33)(H,28,29,30). The number of aliphatic hydroxyl groups excluding tert-OH is 1. The molecule has 0 saturated heterocycles. The zero-order valence-corrected chi connectivity index (χ0v) is 19.6. The predicted octanol–water partition coefficient (Wildman–Crippen LogP) is 4.27. The van der Waals surface area contributed by atoms with Gasteiger partial charge in [-0.2, -0.15) is 0 Å². The molecule has 2 aromatic carbocycles. The highest BCUT2D eigenvalue weighted by Crippen LogP contribution is 2.38. The lowest BCUT2D eigenvalue weighted by atomic mass is 10.2. The molecule has 0 aliphatic carbocycles. The van der Waals surface area contributed by atoms with E-state index in [0.29, 0.717) is 35.4 Å². The van der Waals surface area contributed by atoms with E-state index >= 15 is 0 Å². The number of carbonyl (C=O) groups excluding carboxylic acids is 1. The van der Waals surface area contributed by atoms with Gasteiger partial charge in [0.25, 0.3) is 0 Å². The number of ether oxygens (including phenoxy) is 1. The highest BCUT2D eigenvalue weighted by atomic mass is 35.5. The van der Waals surface area contributed by atoms with Crippen molar-refractivity contribution in [2.24, 2.45) is 0 Å². The highest BCUT2D eigenvalue weighted by molar-refractivity contribution is 6.32. The normalized spacial score (nSPS) is 12.6. The molecule has 3 heterocycles. The molecule has 1 aliphatic rings. The minimum atomic E-state index is -0.171. The van der Waals surface area contributed by atoms with E-state index in [1.54, 1.807) is 24.7 Å². The van der Waals surface area contributed by atoms with E-state index < -0.39 is 0 Å². The van der Waals surface area contributed by atoms with E-state index in [0.717, 1.165) is 41.0 Å². The summed E-state index contributed by atoms with van der Waals surface area (Å²) >= 11 is 6.55. The molecule has 10 heteroatoms. The Morgan fingerprint density at radius 3 is 2.97 bits per heavy atom. The average Bonchev–Trinajstić information content (AvgIpc) is 3.49. The fourth-order valence-corrected chi connectivity index (χ4v) is 4.31. The largest absolute Gasteiger partial charge is 0.464 e. The third-order valence-electron chi connectivity index (χ3n) is 5.75. The smallest absolute Gasteiger partial charge is 0.222 e. The summed E-state index contributed by atoms with van der Waals surface area (Å²) < 4.78 is 11.5. The number of fused-ring (bicyclic) bond motifs is 2. The Hall–Kier alpha value is -3.82. The van der Waals surface area contributed by atoms with Crippen LogP contribution in [0.2, 0.25) is 5.02 Å². The van der Waals surface area contributed by atoms with Gasteiger partial charge < -0.3 is 29.8 Å². The van der Waals surface area contributed by atoms with Crippen LogP contribution in [0.15, 0.2) is 59.5 Å². The Labute approximate surface area is 206 Å². The Balaban J connectivity index is 1.30. The number of halogens is 1. The van der Waals surface area contributed by atoms with E-state index in [1.807, 2.05) is 30.3 Å². The van der Waals surface area contributed by atoms with Crippen molar-refractivity contribution in [3.8, 4) is 11.5 Å². The Morgan fingerprint density at radius 1 is 1.20 bits per heavy atom. The first-order valence-electron chi connectivity index (χ1n) is 11.3. The number of amides is 1. The number of nitrogens with zero attached hydrogens (tertiary/aromatic N) is 3. The van der Waals surface area contributed by atoms with Gasteiger partial charge in [0.1, 0.15) is 29.1 Å². The maximum absolute atomic E-state index is 11.6. The second-order valence-electron chi connectivity index (χ2n) is 8.04. The topological polar surface area (TPSA) is 113 Å². The average molecular weight is 494 g/mol. The van der Waals surface area contributed by atoms with Crippen molar-refractivity contribution >= 4 is 45.7 Å². The van der Waals surface area contributed by atoms with Crippen molar-refractivity contribution in [3.05, 3.63) is 65.8 Å². The van der Waals surface area contributed by atoms with Crippen LogP contribution in [0, 0.1) is 0 Å². The van der Waals surface area contributed by atoms with E-state index in [9.17, 15) is 4.79 Å². The van der Waals surface area contributed by atoms with Gasteiger partial charge in [-0.1, -0.05) is 17.7 Å². The molecule has 0 fully saturated rings. The maximum atomic E-state index is 11.6. The minimum Gasteiger partial charge on any atom is -0.464 e. The molecule has 3 N–H and O–H groups in total. The number of nitrogens with one attached hydrogen (secondary N) is 2. The van der Waals surface area contributed by atoms with Crippen LogP contribution in [-0.4, -0.2) is 47.2 Å². The quantitative estimate of drug-likeness (QED) is 0.317. The van der Waals surface area contributed by atoms with Crippen LogP contribution in [0.25, 0.3) is 11.0 Å². The molecular weight excluding hydrogens is 470 g/mol. The van der Waals surface area contributed by atoms with Gasteiger partial charge in [0.05, 0.1) is 29.0 Å². The first-order valence-corrected chi connectivity index (χ1v) is 11.7. The zero-order valence-electron chi connectivity index (χ0n) is 18.8. The molecule has 0 spiro atoms. The Morgan fingerprint density at radius 2 is 2.11 bits per heavy atom. The summed E-state index contributed by atoms with van der Waals surface area (Å²) in [6, 6.07) is 12.9. The second kappa shape index (κ2) is 10.2. The Bertz CT molecular complexity index is 1360. The van der Waals surface area contributed by atoms with Gasteiger partial charge in [0, 0.05) is 38.2 Å². The van der Waals surface area contributed by atoms with Crippen molar-refractivity contribution < 1.29 is 19.1 Å². The van der Waals surface area contributed by atoms with Crippen LogP contribution in [0.4, 0.5) is 17.2 Å². The molecule has 0 radical (unpaired) electrons. The molecule has 0 saturated carbocycles. The summed E-state index contributed by atoms with van der Waals surface area (Å²) in [6.07, 6.45) is 4.06. The van der Waals surface area contributed by atoms with E-state index in [2.05, 4.69) is 25.5 Å².